The standard InChI is InChI=1S/C17H19N5O2S/c1-25-10-6-14(22-8-2-3-9-22)17(23)19-12-15-20-16(21-24-15)13-5-4-7-18-11-13/h2-5,7-9,11,14H,6,10,12H2,1H3,(H,19,23). The Bertz CT molecular complexity index is 788. The van der Waals surface area contributed by atoms with Crippen LogP contribution in [0.3, 0.4) is 0 Å². The average molecular weight is 357 g/mol. The van der Waals surface area contributed by atoms with E-state index in [0.717, 1.165) is 17.7 Å². The Kier molecular flexibility index (Phi) is 5.84. The van der Waals surface area contributed by atoms with Crippen molar-refractivity contribution in [3.8, 4) is 11.4 Å². The van der Waals surface area contributed by atoms with Crippen molar-refractivity contribution in [1.82, 2.24) is 25.0 Å². The summed E-state index contributed by atoms with van der Waals surface area (Å²) < 4.78 is 7.12. The van der Waals surface area contributed by atoms with Gasteiger partial charge in [-0.25, -0.2) is 0 Å². The second-order valence-corrected chi connectivity index (χ2v) is 6.38. The average Bonchev–Trinajstić information content (AvgIpc) is 3.33. The lowest BCUT2D eigenvalue weighted by Crippen LogP contribution is -2.32. The SMILES string of the molecule is CSCCC(C(=O)NCc1nc(-c2cccnc2)no1)n1cccc1. The van der Waals surface area contributed by atoms with Crippen molar-refractivity contribution in [2.45, 2.75) is 19.0 Å². The van der Waals surface area contributed by atoms with Crippen LogP contribution in [0.4, 0.5) is 0 Å². The molecule has 0 saturated carbocycles. The van der Waals surface area contributed by atoms with Gasteiger partial charge in [0.25, 0.3) is 0 Å². The molecule has 0 aliphatic heterocycles. The van der Waals surface area contributed by atoms with E-state index in [1.54, 1.807) is 30.2 Å². The fourth-order valence-corrected chi connectivity index (χ4v) is 2.88. The van der Waals surface area contributed by atoms with Gasteiger partial charge >= 0.3 is 0 Å². The first-order chi connectivity index (χ1) is 12.3. The molecule has 3 rings (SSSR count). The highest BCUT2D eigenvalue weighted by Gasteiger charge is 2.20. The van der Waals surface area contributed by atoms with Crippen LogP contribution in [0.5, 0.6) is 0 Å². The minimum Gasteiger partial charge on any atom is -0.345 e. The van der Waals surface area contributed by atoms with Gasteiger partial charge in [-0.3, -0.25) is 9.78 Å². The normalized spacial score (nSPS) is 12.0. The number of rotatable bonds is 8. The van der Waals surface area contributed by atoms with Crippen molar-refractivity contribution in [1.29, 1.82) is 0 Å². The number of nitrogens with one attached hydrogen (secondary N) is 1. The lowest BCUT2D eigenvalue weighted by atomic mass is 10.2. The van der Waals surface area contributed by atoms with E-state index in [2.05, 4.69) is 20.4 Å². The van der Waals surface area contributed by atoms with Gasteiger partial charge in [-0.15, -0.1) is 0 Å². The number of amides is 1. The summed E-state index contributed by atoms with van der Waals surface area (Å²) in [6.07, 6.45) is 9.93. The molecule has 0 aliphatic carbocycles. The fraction of sp³-hybridized carbons (Fsp3) is 0.294. The van der Waals surface area contributed by atoms with Gasteiger partial charge < -0.3 is 14.4 Å². The predicted octanol–water partition coefficient (Wildman–Crippen LogP) is 2.54. The first-order valence-corrected chi connectivity index (χ1v) is 9.29. The zero-order chi connectivity index (χ0) is 17.5. The van der Waals surface area contributed by atoms with E-state index in [9.17, 15) is 4.79 Å². The van der Waals surface area contributed by atoms with E-state index in [1.807, 2.05) is 41.4 Å². The van der Waals surface area contributed by atoms with Crippen molar-refractivity contribution in [2.24, 2.45) is 0 Å². The topological polar surface area (TPSA) is 85.8 Å². The number of hydrogen-bond acceptors (Lipinski definition) is 6. The Morgan fingerprint density at radius 2 is 2.20 bits per heavy atom. The summed E-state index contributed by atoms with van der Waals surface area (Å²) in [5, 5.41) is 6.80. The van der Waals surface area contributed by atoms with E-state index in [1.165, 1.54) is 0 Å². The number of aromatic nitrogens is 4. The largest absolute Gasteiger partial charge is 0.345 e. The van der Waals surface area contributed by atoms with Crippen LogP contribution >= 0.6 is 11.8 Å². The van der Waals surface area contributed by atoms with Crippen LogP contribution in [0.25, 0.3) is 11.4 Å². The molecule has 0 bridgehead atoms. The number of thioether (sulfide) groups is 1. The van der Waals surface area contributed by atoms with Gasteiger partial charge in [0.1, 0.15) is 6.04 Å². The number of carbonyl (C=O) groups excluding carboxylic acids is 1. The third kappa shape index (κ3) is 4.48. The molecular formula is C17H19N5O2S. The summed E-state index contributed by atoms with van der Waals surface area (Å²) in [5.41, 5.74) is 0.772. The molecule has 0 fully saturated rings. The van der Waals surface area contributed by atoms with E-state index >= 15 is 0 Å². The van der Waals surface area contributed by atoms with Gasteiger partial charge in [0, 0.05) is 30.4 Å². The Morgan fingerprint density at radius 3 is 2.92 bits per heavy atom. The molecule has 1 unspecified atom stereocenters. The smallest absolute Gasteiger partial charge is 0.246 e. The van der Waals surface area contributed by atoms with E-state index in [4.69, 9.17) is 4.52 Å². The molecule has 0 aliphatic rings. The summed E-state index contributed by atoms with van der Waals surface area (Å²) in [7, 11) is 0. The van der Waals surface area contributed by atoms with Gasteiger partial charge in [0.15, 0.2) is 0 Å². The Balaban J connectivity index is 1.62. The van der Waals surface area contributed by atoms with E-state index < -0.39 is 0 Å². The van der Waals surface area contributed by atoms with Gasteiger partial charge in [0.2, 0.25) is 17.6 Å². The van der Waals surface area contributed by atoms with Crippen LogP contribution in [0, 0.1) is 0 Å². The maximum atomic E-state index is 12.6. The summed E-state index contributed by atoms with van der Waals surface area (Å²) in [4.78, 5) is 20.9. The Morgan fingerprint density at radius 1 is 1.36 bits per heavy atom. The van der Waals surface area contributed by atoms with Crippen LogP contribution in [-0.2, 0) is 11.3 Å². The Hall–Kier alpha value is -2.61. The molecule has 1 N–H and O–H groups in total. The van der Waals surface area contributed by atoms with Gasteiger partial charge in [0.05, 0.1) is 6.54 Å². The van der Waals surface area contributed by atoms with Crippen molar-refractivity contribution in [2.75, 3.05) is 12.0 Å². The number of pyridine rings is 1. The quantitative estimate of drug-likeness (QED) is 0.667. The van der Waals surface area contributed by atoms with Crippen LogP contribution in [0.1, 0.15) is 18.4 Å². The highest BCUT2D eigenvalue weighted by atomic mass is 32.2. The van der Waals surface area contributed by atoms with Crippen LogP contribution in [0.2, 0.25) is 0 Å². The molecular weight excluding hydrogens is 338 g/mol. The second-order valence-electron chi connectivity index (χ2n) is 5.40. The predicted molar refractivity (Wildman–Crippen MR) is 95.8 cm³/mol. The van der Waals surface area contributed by atoms with Crippen molar-refractivity contribution < 1.29 is 9.32 Å². The maximum Gasteiger partial charge on any atom is 0.246 e. The number of carbonyl (C=O) groups is 1. The molecule has 1 atom stereocenters. The molecule has 0 aromatic carbocycles. The molecule has 1 amide bonds. The zero-order valence-corrected chi connectivity index (χ0v) is 14.6. The summed E-state index contributed by atoms with van der Waals surface area (Å²) >= 11 is 1.72. The first kappa shape index (κ1) is 17.2. The van der Waals surface area contributed by atoms with Gasteiger partial charge in [-0.1, -0.05) is 5.16 Å². The van der Waals surface area contributed by atoms with E-state index in [-0.39, 0.29) is 18.5 Å². The third-order valence-electron chi connectivity index (χ3n) is 3.69. The Labute approximate surface area is 149 Å². The number of hydrogen-bond donors (Lipinski definition) is 1. The molecule has 3 aromatic heterocycles. The lowest BCUT2D eigenvalue weighted by Gasteiger charge is -2.17. The van der Waals surface area contributed by atoms with Gasteiger partial charge in [-0.2, -0.15) is 16.7 Å². The minimum absolute atomic E-state index is 0.0635. The summed E-state index contributed by atoms with van der Waals surface area (Å²) in [6.45, 7) is 0.198. The molecule has 3 aromatic rings. The monoisotopic (exact) mass is 357 g/mol. The molecule has 3 heterocycles. The summed E-state index contributed by atoms with van der Waals surface area (Å²) in [5.74, 6) is 1.67. The van der Waals surface area contributed by atoms with Crippen LogP contribution < -0.4 is 5.32 Å². The lowest BCUT2D eigenvalue weighted by molar-refractivity contribution is -0.124. The number of nitrogens with zero attached hydrogens (tertiary/aromatic N) is 4. The molecule has 7 nitrogen and oxygen atoms in total. The van der Waals surface area contributed by atoms with Crippen LogP contribution in [-0.4, -0.2) is 37.6 Å². The zero-order valence-electron chi connectivity index (χ0n) is 13.8. The molecule has 130 valence electrons. The first-order valence-electron chi connectivity index (χ1n) is 7.90. The third-order valence-corrected chi connectivity index (χ3v) is 4.33. The second kappa shape index (κ2) is 8.48. The molecule has 8 heteroatoms. The molecule has 0 spiro atoms. The highest BCUT2D eigenvalue weighted by molar-refractivity contribution is 7.98. The fourth-order valence-electron chi connectivity index (χ4n) is 2.42. The molecule has 0 saturated heterocycles. The molecule has 25 heavy (non-hydrogen) atoms. The van der Waals surface area contributed by atoms with E-state index in [0.29, 0.717) is 11.7 Å². The van der Waals surface area contributed by atoms with Crippen molar-refractivity contribution in [3.05, 3.63) is 54.9 Å². The molecule has 0 radical (unpaired) electrons. The van der Waals surface area contributed by atoms with Crippen molar-refractivity contribution in [3.63, 3.8) is 0 Å². The minimum atomic E-state index is -0.247. The van der Waals surface area contributed by atoms with Crippen molar-refractivity contribution >= 4 is 17.7 Å². The summed E-state index contributed by atoms with van der Waals surface area (Å²) in [6, 6.07) is 7.24. The maximum absolute atomic E-state index is 12.6. The van der Waals surface area contributed by atoms with Crippen LogP contribution in [0.15, 0.2) is 53.6 Å². The highest BCUT2D eigenvalue weighted by Crippen LogP contribution is 2.16. The van der Waals surface area contributed by atoms with Gasteiger partial charge in [-0.05, 0) is 42.7 Å².